The summed E-state index contributed by atoms with van der Waals surface area (Å²) in [6.07, 6.45) is 2.86. The molecule has 0 bridgehead atoms. The molecule has 0 aliphatic rings. The normalized spacial score (nSPS) is 10.6. The first-order valence-corrected chi connectivity index (χ1v) is 6.36. The van der Waals surface area contributed by atoms with E-state index in [9.17, 15) is 0 Å². The Hall–Kier alpha value is -1.91. The van der Waals surface area contributed by atoms with Gasteiger partial charge < -0.3 is 5.32 Å². The van der Waals surface area contributed by atoms with Crippen molar-refractivity contribution in [3.8, 4) is 11.5 Å². The van der Waals surface area contributed by atoms with Crippen molar-refractivity contribution in [1.82, 2.24) is 19.7 Å². The first-order valence-electron chi connectivity index (χ1n) is 6.36. The smallest absolute Gasteiger partial charge is 0.180 e. The van der Waals surface area contributed by atoms with Gasteiger partial charge in [-0.05, 0) is 26.3 Å². The van der Waals surface area contributed by atoms with Gasteiger partial charge in [-0.3, -0.25) is 4.68 Å². The third-order valence-corrected chi connectivity index (χ3v) is 2.66. The van der Waals surface area contributed by atoms with Crippen LogP contribution in [0.5, 0.6) is 0 Å². The third kappa shape index (κ3) is 2.67. The van der Waals surface area contributed by atoms with Gasteiger partial charge in [-0.1, -0.05) is 6.92 Å². The van der Waals surface area contributed by atoms with E-state index in [1.54, 1.807) is 6.20 Å². The van der Waals surface area contributed by atoms with E-state index in [1.165, 1.54) is 0 Å². The van der Waals surface area contributed by atoms with Crippen molar-refractivity contribution in [2.75, 3.05) is 11.9 Å². The maximum Gasteiger partial charge on any atom is 0.180 e. The highest BCUT2D eigenvalue weighted by Gasteiger charge is 2.09. The van der Waals surface area contributed by atoms with E-state index in [0.29, 0.717) is 0 Å². The number of anilines is 1. The van der Waals surface area contributed by atoms with Gasteiger partial charge in [0, 0.05) is 31.0 Å². The Morgan fingerprint density at radius 1 is 1.28 bits per heavy atom. The number of hydrogen-bond donors (Lipinski definition) is 1. The zero-order chi connectivity index (χ0) is 13.0. The lowest BCUT2D eigenvalue weighted by Crippen LogP contribution is -2.06. The molecule has 2 aromatic heterocycles. The number of hydrogen-bond acceptors (Lipinski definition) is 4. The Labute approximate surface area is 107 Å². The van der Waals surface area contributed by atoms with E-state index in [0.717, 1.165) is 42.5 Å². The molecule has 0 unspecified atom stereocenters. The van der Waals surface area contributed by atoms with Crippen molar-refractivity contribution in [3.63, 3.8) is 0 Å². The highest BCUT2D eigenvalue weighted by Crippen LogP contribution is 2.17. The Balaban J connectivity index is 2.35. The summed E-state index contributed by atoms with van der Waals surface area (Å²) in [5.41, 5.74) is 1.92. The Kier molecular flexibility index (Phi) is 3.92. The van der Waals surface area contributed by atoms with Crippen LogP contribution in [-0.2, 0) is 6.54 Å². The lowest BCUT2D eigenvalue weighted by atomic mass is 10.3. The third-order valence-electron chi connectivity index (χ3n) is 2.66. The summed E-state index contributed by atoms with van der Waals surface area (Å²) in [4.78, 5) is 9.02. The van der Waals surface area contributed by atoms with Crippen molar-refractivity contribution in [3.05, 3.63) is 24.0 Å². The minimum absolute atomic E-state index is 0.730. The second kappa shape index (κ2) is 5.62. The van der Waals surface area contributed by atoms with Gasteiger partial charge >= 0.3 is 0 Å². The highest BCUT2D eigenvalue weighted by atomic mass is 15.3. The van der Waals surface area contributed by atoms with Gasteiger partial charge in [0.05, 0.1) is 0 Å². The summed E-state index contributed by atoms with van der Waals surface area (Å²) < 4.78 is 1.90. The fraction of sp³-hybridized carbons (Fsp3) is 0.462. The largest absolute Gasteiger partial charge is 0.370 e. The summed E-state index contributed by atoms with van der Waals surface area (Å²) in [5.74, 6) is 1.61. The van der Waals surface area contributed by atoms with Gasteiger partial charge in [0.15, 0.2) is 5.82 Å². The Morgan fingerprint density at radius 3 is 2.83 bits per heavy atom. The molecule has 2 rings (SSSR count). The van der Waals surface area contributed by atoms with E-state index in [4.69, 9.17) is 0 Å². The average Bonchev–Trinajstić information content (AvgIpc) is 2.84. The van der Waals surface area contributed by atoms with Crippen LogP contribution in [0.1, 0.15) is 26.0 Å². The molecule has 0 fully saturated rings. The molecule has 0 saturated carbocycles. The van der Waals surface area contributed by atoms with Crippen LogP contribution in [0.2, 0.25) is 0 Å². The van der Waals surface area contributed by atoms with Crippen molar-refractivity contribution in [2.45, 2.75) is 33.7 Å². The lowest BCUT2D eigenvalue weighted by molar-refractivity contribution is 0.663. The fourth-order valence-electron chi connectivity index (χ4n) is 1.80. The number of rotatable bonds is 5. The first-order chi connectivity index (χ1) is 8.74. The number of nitrogens with zero attached hydrogens (tertiary/aromatic N) is 4. The van der Waals surface area contributed by atoms with E-state index >= 15 is 0 Å². The molecule has 2 aromatic rings. The lowest BCUT2D eigenvalue weighted by Gasteiger charge is -2.08. The molecule has 0 aliphatic heterocycles. The quantitative estimate of drug-likeness (QED) is 0.879. The van der Waals surface area contributed by atoms with Crippen LogP contribution in [0.4, 0.5) is 5.82 Å². The molecule has 0 aliphatic carbocycles. The molecular weight excluding hydrogens is 226 g/mol. The maximum atomic E-state index is 4.54. The standard InChI is InChI=1S/C13H19N5/c1-4-7-14-12-9-10(3)16-13(17-12)11-6-8-15-18(11)5-2/h6,8-9H,4-5,7H2,1-3H3,(H,14,16,17). The van der Waals surface area contributed by atoms with E-state index in [1.807, 2.05) is 23.7 Å². The molecule has 18 heavy (non-hydrogen) atoms. The summed E-state index contributed by atoms with van der Waals surface area (Å²) in [6, 6.07) is 3.91. The van der Waals surface area contributed by atoms with E-state index < -0.39 is 0 Å². The molecule has 0 radical (unpaired) electrons. The van der Waals surface area contributed by atoms with Gasteiger partial charge in [-0.25, -0.2) is 9.97 Å². The molecule has 0 aromatic carbocycles. The van der Waals surface area contributed by atoms with Crippen LogP contribution >= 0.6 is 0 Å². The number of aromatic nitrogens is 4. The van der Waals surface area contributed by atoms with Gasteiger partial charge in [0.25, 0.3) is 0 Å². The Morgan fingerprint density at radius 2 is 2.11 bits per heavy atom. The minimum atomic E-state index is 0.730. The molecule has 0 amide bonds. The molecular formula is C13H19N5. The molecule has 2 heterocycles. The van der Waals surface area contributed by atoms with Crippen molar-refractivity contribution >= 4 is 5.82 Å². The Bertz CT molecular complexity index is 518. The second-order valence-corrected chi connectivity index (χ2v) is 4.18. The van der Waals surface area contributed by atoms with Gasteiger partial charge in [-0.15, -0.1) is 0 Å². The summed E-state index contributed by atoms with van der Waals surface area (Å²) in [5, 5.41) is 7.54. The van der Waals surface area contributed by atoms with Crippen molar-refractivity contribution in [2.24, 2.45) is 0 Å². The summed E-state index contributed by atoms with van der Waals surface area (Å²) in [6.45, 7) is 7.91. The summed E-state index contributed by atoms with van der Waals surface area (Å²) >= 11 is 0. The summed E-state index contributed by atoms with van der Waals surface area (Å²) in [7, 11) is 0. The average molecular weight is 245 g/mol. The van der Waals surface area contributed by atoms with Crippen LogP contribution < -0.4 is 5.32 Å². The van der Waals surface area contributed by atoms with Crippen LogP contribution in [0.3, 0.4) is 0 Å². The molecule has 5 heteroatoms. The van der Waals surface area contributed by atoms with Gasteiger partial charge in [-0.2, -0.15) is 5.10 Å². The molecule has 1 N–H and O–H groups in total. The van der Waals surface area contributed by atoms with Crippen LogP contribution in [0, 0.1) is 6.92 Å². The number of nitrogens with one attached hydrogen (secondary N) is 1. The van der Waals surface area contributed by atoms with E-state index in [-0.39, 0.29) is 0 Å². The topological polar surface area (TPSA) is 55.6 Å². The van der Waals surface area contributed by atoms with Crippen LogP contribution in [0.25, 0.3) is 11.5 Å². The molecule has 0 atom stereocenters. The molecule has 96 valence electrons. The zero-order valence-electron chi connectivity index (χ0n) is 11.1. The van der Waals surface area contributed by atoms with E-state index in [2.05, 4.69) is 34.2 Å². The van der Waals surface area contributed by atoms with Crippen molar-refractivity contribution in [1.29, 1.82) is 0 Å². The number of aryl methyl sites for hydroxylation is 2. The monoisotopic (exact) mass is 245 g/mol. The molecule has 0 saturated heterocycles. The predicted octanol–water partition coefficient (Wildman–Crippen LogP) is 2.49. The fourth-order valence-corrected chi connectivity index (χ4v) is 1.80. The zero-order valence-corrected chi connectivity index (χ0v) is 11.1. The second-order valence-electron chi connectivity index (χ2n) is 4.18. The van der Waals surface area contributed by atoms with Gasteiger partial charge in [0.2, 0.25) is 0 Å². The van der Waals surface area contributed by atoms with Gasteiger partial charge in [0.1, 0.15) is 11.5 Å². The molecule has 0 spiro atoms. The maximum absolute atomic E-state index is 4.54. The van der Waals surface area contributed by atoms with Crippen molar-refractivity contribution < 1.29 is 0 Å². The minimum Gasteiger partial charge on any atom is -0.370 e. The van der Waals surface area contributed by atoms with Crippen LogP contribution in [-0.4, -0.2) is 26.3 Å². The highest BCUT2D eigenvalue weighted by molar-refractivity contribution is 5.53. The van der Waals surface area contributed by atoms with Crippen LogP contribution in [0.15, 0.2) is 18.3 Å². The first kappa shape index (κ1) is 12.5. The molecule has 5 nitrogen and oxygen atoms in total. The predicted molar refractivity (Wildman–Crippen MR) is 72.4 cm³/mol. The SMILES string of the molecule is CCCNc1cc(C)nc(-c2ccnn2CC)n1.